The van der Waals surface area contributed by atoms with E-state index in [9.17, 15) is 9.18 Å². The fourth-order valence-electron chi connectivity index (χ4n) is 1.53. The molecule has 0 spiro atoms. The molecule has 2 N–H and O–H groups in total. The number of anilines is 1. The van der Waals surface area contributed by atoms with Crippen LogP contribution in [0.1, 0.15) is 6.42 Å². The summed E-state index contributed by atoms with van der Waals surface area (Å²) in [5, 5.41) is 6.03. The van der Waals surface area contributed by atoms with Crippen LogP contribution in [0.15, 0.2) is 22.7 Å². The first kappa shape index (κ1) is 13.2. The number of hydrogen-bond donors (Lipinski definition) is 2. The van der Waals surface area contributed by atoms with E-state index in [-0.39, 0.29) is 11.8 Å². The third-order valence-electron chi connectivity index (χ3n) is 2.42. The van der Waals surface area contributed by atoms with E-state index in [1.807, 2.05) is 0 Å². The minimum Gasteiger partial charge on any atom is -0.464 e. The highest BCUT2D eigenvalue weighted by Crippen LogP contribution is 2.23. The van der Waals surface area contributed by atoms with Gasteiger partial charge in [-0.3, -0.25) is 0 Å². The molecule has 0 radical (unpaired) electrons. The molecule has 1 aliphatic heterocycles. The van der Waals surface area contributed by atoms with E-state index in [0.717, 1.165) is 0 Å². The Kier molecular flexibility index (Phi) is 4.13. The molecule has 1 atom stereocenters. The zero-order valence-electron chi connectivity index (χ0n) is 9.20. The van der Waals surface area contributed by atoms with E-state index in [4.69, 9.17) is 17.0 Å². The van der Waals surface area contributed by atoms with Gasteiger partial charge in [-0.25, -0.2) is 9.18 Å². The second-order valence-electron chi connectivity index (χ2n) is 3.73. The van der Waals surface area contributed by atoms with Crippen molar-refractivity contribution in [3.63, 3.8) is 0 Å². The van der Waals surface area contributed by atoms with Gasteiger partial charge in [0.05, 0.1) is 12.3 Å². The van der Waals surface area contributed by atoms with Crippen LogP contribution in [-0.4, -0.2) is 23.7 Å². The SMILES string of the molecule is O=C1OCCC1NC(=S)Nc1ccc(F)cc1Br. The van der Waals surface area contributed by atoms with E-state index in [2.05, 4.69) is 26.6 Å². The Bertz CT molecular complexity index is 498. The van der Waals surface area contributed by atoms with Gasteiger partial charge >= 0.3 is 5.97 Å². The summed E-state index contributed by atoms with van der Waals surface area (Å²) < 4.78 is 18.3. The van der Waals surface area contributed by atoms with Crippen molar-refractivity contribution in [1.82, 2.24) is 5.32 Å². The normalized spacial score (nSPS) is 18.3. The van der Waals surface area contributed by atoms with E-state index in [1.165, 1.54) is 12.1 Å². The lowest BCUT2D eigenvalue weighted by Gasteiger charge is -2.14. The number of carbonyl (C=O) groups is 1. The van der Waals surface area contributed by atoms with Crippen molar-refractivity contribution in [3.8, 4) is 0 Å². The molecule has 1 heterocycles. The summed E-state index contributed by atoms with van der Waals surface area (Å²) in [5.41, 5.74) is 0.625. The fourth-order valence-corrected chi connectivity index (χ4v) is 2.24. The Morgan fingerprint density at radius 2 is 2.33 bits per heavy atom. The maximum Gasteiger partial charge on any atom is 0.328 e. The van der Waals surface area contributed by atoms with Crippen LogP contribution in [0.4, 0.5) is 10.1 Å². The minimum absolute atomic E-state index is 0.297. The van der Waals surface area contributed by atoms with Gasteiger partial charge < -0.3 is 15.4 Å². The molecule has 1 fully saturated rings. The lowest BCUT2D eigenvalue weighted by Crippen LogP contribution is -2.40. The van der Waals surface area contributed by atoms with E-state index in [0.29, 0.717) is 28.3 Å². The Morgan fingerprint density at radius 1 is 1.56 bits per heavy atom. The summed E-state index contributed by atoms with van der Waals surface area (Å²) in [6.07, 6.45) is 0.589. The average molecular weight is 333 g/mol. The standard InChI is InChI=1S/C11H10BrFN2O2S/c12-7-5-6(13)1-2-8(7)14-11(18)15-9-3-4-17-10(9)16/h1-2,5,9H,3-4H2,(H2,14,15,18). The molecule has 1 aromatic rings. The van der Waals surface area contributed by atoms with Gasteiger partial charge in [0.25, 0.3) is 0 Å². The zero-order chi connectivity index (χ0) is 13.1. The summed E-state index contributed by atoms with van der Waals surface area (Å²) in [5.74, 6) is -0.650. The number of ether oxygens (including phenoxy) is 1. The first-order valence-corrected chi connectivity index (χ1v) is 6.45. The maximum absolute atomic E-state index is 12.9. The molecule has 4 nitrogen and oxygen atoms in total. The summed E-state index contributed by atoms with van der Waals surface area (Å²) in [4.78, 5) is 11.2. The van der Waals surface area contributed by atoms with Crippen molar-refractivity contribution in [2.75, 3.05) is 11.9 Å². The van der Waals surface area contributed by atoms with Crippen molar-refractivity contribution < 1.29 is 13.9 Å². The molecule has 2 rings (SSSR count). The van der Waals surface area contributed by atoms with Gasteiger partial charge in [-0.05, 0) is 46.3 Å². The molecular weight excluding hydrogens is 323 g/mol. The van der Waals surface area contributed by atoms with Crippen LogP contribution in [0, 0.1) is 5.82 Å². The molecule has 0 aromatic heterocycles. The molecule has 1 saturated heterocycles. The highest BCUT2D eigenvalue weighted by Gasteiger charge is 2.26. The number of nitrogens with one attached hydrogen (secondary N) is 2. The molecule has 18 heavy (non-hydrogen) atoms. The number of halogens is 2. The lowest BCUT2D eigenvalue weighted by molar-refractivity contribution is -0.139. The van der Waals surface area contributed by atoms with E-state index in [1.54, 1.807) is 6.07 Å². The Hall–Kier alpha value is -1.21. The predicted molar refractivity (Wildman–Crippen MR) is 72.8 cm³/mol. The minimum atomic E-state index is -0.413. The van der Waals surface area contributed by atoms with Crippen molar-refractivity contribution in [2.45, 2.75) is 12.5 Å². The van der Waals surface area contributed by atoms with Crippen LogP contribution >= 0.6 is 28.1 Å². The summed E-state index contributed by atoms with van der Waals surface area (Å²) in [6, 6.07) is 3.79. The molecule has 7 heteroatoms. The molecule has 0 bridgehead atoms. The van der Waals surface area contributed by atoms with Crippen molar-refractivity contribution in [1.29, 1.82) is 0 Å². The monoisotopic (exact) mass is 332 g/mol. The number of cyclic esters (lactones) is 1. The van der Waals surface area contributed by atoms with Crippen molar-refractivity contribution in [3.05, 3.63) is 28.5 Å². The van der Waals surface area contributed by atoms with Gasteiger partial charge in [-0.15, -0.1) is 0 Å². The second-order valence-corrected chi connectivity index (χ2v) is 4.99. The third-order valence-corrected chi connectivity index (χ3v) is 3.30. The van der Waals surface area contributed by atoms with Crippen LogP contribution in [0.5, 0.6) is 0 Å². The molecule has 96 valence electrons. The molecular formula is C11H10BrFN2O2S. The second kappa shape index (κ2) is 5.62. The zero-order valence-corrected chi connectivity index (χ0v) is 11.6. The van der Waals surface area contributed by atoms with E-state index >= 15 is 0 Å². The van der Waals surface area contributed by atoms with Crippen molar-refractivity contribution >= 4 is 44.9 Å². The van der Waals surface area contributed by atoms with Gasteiger partial charge in [0.2, 0.25) is 0 Å². The molecule has 0 saturated carbocycles. The predicted octanol–water partition coefficient (Wildman–Crippen LogP) is 2.19. The van der Waals surface area contributed by atoms with Gasteiger partial charge in [0.15, 0.2) is 5.11 Å². The van der Waals surface area contributed by atoms with Gasteiger partial charge in [-0.1, -0.05) is 0 Å². The summed E-state index contributed by atoms with van der Waals surface area (Å²) in [7, 11) is 0. The number of rotatable bonds is 2. The number of carbonyl (C=O) groups excluding carboxylic acids is 1. The van der Waals surface area contributed by atoms with Crippen LogP contribution in [0.2, 0.25) is 0 Å². The quantitative estimate of drug-likeness (QED) is 0.642. The van der Waals surface area contributed by atoms with Gasteiger partial charge in [0.1, 0.15) is 11.9 Å². The molecule has 0 amide bonds. The largest absolute Gasteiger partial charge is 0.464 e. The highest BCUT2D eigenvalue weighted by molar-refractivity contribution is 9.10. The Balaban J connectivity index is 1.96. The molecule has 1 aliphatic rings. The first-order valence-electron chi connectivity index (χ1n) is 5.25. The van der Waals surface area contributed by atoms with Crippen LogP contribution in [0.3, 0.4) is 0 Å². The van der Waals surface area contributed by atoms with Gasteiger partial charge in [-0.2, -0.15) is 0 Å². The van der Waals surface area contributed by atoms with Crippen LogP contribution in [-0.2, 0) is 9.53 Å². The average Bonchev–Trinajstić information content (AvgIpc) is 2.69. The third kappa shape index (κ3) is 3.17. The highest BCUT2D eigenvalue weighted by atomic mass is 79.9. The topological polar surface area (TPSA) is 50.4 Å². The Morgan fingerprint density at radius 3 is 2.94 bits per heavy atom. The first-order chi connectivity index (χ1) is 8.56. The fraction of sp³-hybridized carbons (Fsp3) is 0.273. The van der Waals surface area contributed by atoms with Gasteiger partial charge in [0, 0.05) is 10.9 Å². The van der Waals surface area contributed by atoms with Crippen LogP contribution < -0.4 is 10.6 Å². The Labute approximate surface area is 117 Å². The summed E-state index contributed by atoms with van der Waals surface area (Å²) in [6.45, 7) is 0.402. The molecule has 1 aromatic carbocycles. The number of benzene rings is 1. The summed E-state index contributed by atoms with van der Waals surface area (Å²) >= 11 is 8.29. The van der Waals surface area contributed by atoms with Crippen LogP contribution in [0.25, 0.3) is 0 Å². The number of hydrogen-bond acceptors (Lipinski definition) is 3. The van der Waals surface area contributed by atoms with Crippen molar-refractivity contribution in [2.24, 2.45) is 0 Å². The smallest absolute Gasteiger partial charge is 0.328 e. The number of thiocarbonyl (C=S) groups is 1. The van der Waals surface area contributed by atoms with E-state index < -0.39 is 6.04 Å². The lowest BCUT2D eigenvalue weighted by atomic mass is 10.2. The molecule has 0 aliphatic carbocycles. The molecule has 1 unspecified atom stereocenters. The maximum atomic E-state index is 12.9. The number of esters is 1.